The third-order valence-electron chi connectivity index (χ3n) is 8.18. The molecule has 3 amide bonds. The second kappa shape index (κ2) is 6.42. The number of carbonyl (C=O) groups excluding carboxylic acids is 3. The molecule has 164 valence electrons. The topological polar surface area (TPSA) is 69.7 Å². The number of hydrogen-bond acceptors (Lipinski definition) is 4. The average molecular weight is 450 g/mol. The van der Waals surface area contributed by atoms with Gasteiger partial charge in [0.15, 0.2) is 0 Å². The van der Waals surface area contributed by atoms with Crippen molar-refractivity contribution in [2.45, 2.75) is 45.2 Å². The van der Waals surface area contributed by atoms with Crippen LogP contribution < -0.4 is 10.2 Å². The molecule has 6 rings (SSSR count). The number of anilines is 2. The van der Waals surface area contributed by atoms with Crippen molar-refractivity contribution in [3.63, 3.8) is 0 Å². The molecule has 0 aliphatic carbocycles. The number of fused-ring (bicyclic) bond motifs is 7. The number of aryl methyl sites for hydroxylation is 1. The molecule has 2 aromatic rings. The second-order valence-electron chi connectivity index (χ2n) is 9.45. The van der Waals surface area contributed by atoms with Crippen molar-refractivity contribution in [1.82, 2.24) is 4.90 Å². The highest BCUT2D eigenvalue weighted by Crippen LogP contribution is 2.61. The van der Waals surface area contributed by atoms with Gasteiger partial charge in [-0.3, -0.25) is 19.3 Å². The predicted octanol–water partition coefficient (Wildman–Crippen LogP) is 3.70. The van der Waals surface area contributed by atoms with Gasteiger partial charge in [-0.2, -0.15) is 0 Å². The Kier molecular flexibility index (Phi) is 4.00. The summed E-state index contributed by atoms with van der Waals surface area (Å²) in [5, 5.41) is 3.60. The molecule has 4 aliphatic heterocycles. The lowest BCUT2D eigenvalue weighted by Crippen LogP contribution is -2.54. The van der Waals surface area contributed by atoms with Gasteiger partial charge in [0.1, 0.15) is 5.54 Å². The number of nitrogens with one attached hydrogen (secondary N) is 1. The van der Waals surface area contributed by atoms with Crippen molar-refractivity contribution >= 4 is 40.7 Å². The summed E-state index contributed by atoms with van der Waals surface area (Å²) >= 11 is 6.32. The number of imide groups is 1. The Morgan fingerprint density at radius 1 is 1.03 bits per heavy atom. The van der Waals surface area contributed by atoms with Gasteiger partial charge in [-0.25, -0.2) is 4.90 Å². The van der Waals surface area contributed by atoms with Gasteiger partial charge in [0.25, 0.3) is 0 Å². The molecule has 2 aromatic carbocycles. The van der Waals surface area contributed by atoms with Crippen LogP contribution in [0.15, 0.2) is 30.3 Å². The summed E-state index contributed by atoms with van der Waals surface area (Å²) in [6.07, 6.45) is 1.71. The molecule has 4 aliphatic rings. The predicted molar refractivity (Wildman–Crippen MR) is 122 cm³/mol. The molecular weight excluding hydrogens is 426 g/mol. The van der Waals surface area contributed by atoms with Gasteiger partial charge in [0.05, 0.1) is 17.5 Å². The summed E-state index contributed by atoms with van der Waals surface area (Å²) in [5.74, 6) is -2.00. The van der Waals surface area contributed by atoms with Gasteiger partial charge in [-0.1, -0.05) is 29.8 Å². The molecule has 0 aromatic heterocycles. The maximum absolute atomic E-state index is 14.0. The van der Waals surface area contributed by atoms with E-state index < -0.39 is 17.4 Å². The normalized spacial score (nSPS) is 30.8. The Labute approximate surface area is 191 Å². The quantitative estimate of drug-likeness (QED) is 0.674. The second-order valence-corrected chi connectivity index (χ2v) is 9.86. The van der Waals surface area contributed by atoms with E-state index in [0.717, 1.165) is 35.2 Å². The van der Waals surface area contributed by atoms with Crippen molar-refractivity contribution in [1.29, 1.82) is 0 Å². The van der Waals surface area contributed by atoms with Crippen LogP contribution in [-0.2, 0) is 19.9 Å². The molecular formula is C25H24ClN3O3. The first kappa shape index (κ1) is 19.9. The Morgan fingerprint density at radius 2 is 1.81 bits per heavy atom. The highest BCUT2D eigenvalue weighted by Gasteiger charge is 2.74. The lowest BCUT2D eigenvalue weighted by atomic mass is 9.75. The lowest BCUT2D eigenvalue weighted by Gasteiger charge is -2.37. The molecule has 0 saturated carbocycles. The van der Waals surface area contributed by atoms with E-state index in [1.807, 2.05) is 32.9 Å². The largest absolute Gasteiger partial charge is 0.324 e. The van der Waals surface area contributed by atoms with Gasteiger partial charge in [0, 0.05) is 22.3 Å². The van der Waals surface area contributed by atoms with Gasteiger partial charge in [-0.15, -0.1) is 0 Å². The highest BCUT2D eigenvalue weighted by molar-refractivity contribution is 6.32. The van der Waals surface area contributed by atoms with Crippen LogP contribution in [0.2, 0.25) is 5.02 Å². The van der Waals surface area contributed by atoms with Crippen LogP contribution in [0.3, 0.4) is 0 Å². The van der Waals surface area contributed by atoms with Crippen molar-refractivity contribution in [2.24, 2.45) is 11.8 Å². The first-order valence-electron chi connectivity index (χ1n) is 11.1. The summed E-state index contributed by atoms with van der Waals surface area (Å²) in [7, 11) is 0. The molecule has 6 nitrogen and oxygen atoms in total. The average Bonchev–Trinajstić information content (AvgIpc) is 3.46. The number of amides is 3. The fourth-order valence-electron chi connectivity index (χ4n) is 6.60. The van der Waals surface area contributed by atoms with E-state index in [2.05, 4.69) is 10.2 Å². The van der Waals surface area contributed by atoms with Crippen LogP contribution in [0.25, 0.3) is 0 Å². The van der Waals surface area contributed by atoms with Gasteiger partial charge in [-0.05, 0) is 69.0 Å². The number of benzene rings is 2. The Balaban J connectivity index is 1.58. The van der Waals surface area contributed by atoms with E-state index in [9.17, 15) is 14.4 Å². The fourth-order valence-corrected chi connectivity index (χ4v) is 6.77. The molecule has 3 fully saturated rings. The van der Waals surface area contributed by atoms with Crippen molar-refractivity contribution < 1.29 is 14.4 Å². The van der Waals surface area contributed by atoms with Crippen LogP contribution in [0, 0.1) is 32.6 Å². The minimum atomic E-state index is -1.15. The fraction of sp³-hybridized carbons (Fsp3) is 0.400. The number of halogens is 1. The number of carbonyl (C=O) groups is 3. The smallest absolute Gasteiger partial charge is 0.250 e. The van der Waals surface area contributed by atoms with E-state index in [1.54, 1.807) is 18.2 Å². The van der Waals surface area contributed by atoms with Crippen LogP contribution in [0.1, 0.15) is 35.1 Å². The third-order valence-corrected chi connectivity index (χ3v) is 8.59. The molecule has 1 N–H and O–H groups in total. The molecule has 3 saturated heterocycles. The molecule has 7 heteroatoms. The SMILES string of the molecule is Cc1ccc2c(c1C)NC(=O)[C@@]21[C@@H]2C(=O)N(c3cccc(Cl)c3C)C(=O)[C@@H]2[C@@H]2CCCN21. The van der Waals surface area contributed by atoms with Gasteiger partial charge in [0.2, 0.25) is 17.7 Å². The molecule has 1 spiro atoms. The van der Waals surface area contributed by atoms with Crippen LogP contribution >= 0.6 is 11.6 Å². The molecule has 4 atom stereocenters. The number of rotatable bonds is 1. The minimum absolute atomic E-state index is 0.126. The summed E-state index contributed by atoms with van der Waals surface area (Å²) < 4.78 is 0. The van der Waals surface area contributed by atoms with Crippen LogP contribution in [0.5, 0.6) is 0 Å². The first-order valence-corrected chi connectivity index (χ1v) is 11.5. The maximum atomic E-state index is 14.0. The minimum Gasteiger partial charge on any atom is -0.324 e. The third kappa shape index (κ3) is 2.12. The Morgan fingerprint density at radius 3 is 2.59 bits per heavy atom. The van der Waals surface area contributed by atoms with Gasteiger partial charge >= 0.3 is 0 Å². The van der Waals surface area contributed by atoms with E-state index >= 15 is 0 Å². The Hall–Kier alpha value is -2.70. The molecule has 0 bridgehead atoms. The van der Waals surface area contributed by atoms with Gasteiger partial charge < -0.3 is 5.32 Å². The summed E-state index contributed by atoms with van der Waals surface area (Å²) in [4.78, 5) is 45.0. The van der Waals surface area contributed by atoms with Crippen molar-refractivity contribution in [2.75, 3.05) is 16.8 Å². The molecule has 0 radical (unpaired) electrons. The number of hydrogen-bond donors (Lipinski definition) is 1. The lowest BCUT2D eigenvalue weighted by molar-refractivity contribution is -0.135. The Bertz CT molecular complexity index is 1240. The van der Waals surface area contributed by atoms with E-state index in [0.29, 0.717) is 22.8 Å². The van der Waals surface area contributed by atoms with Crippen LogP contribution in [0.4, 0.5) is 11.4 Å². The molecule has 0 unspecified atom stereocenters. The maximum Gasteiger partial charge on any atom is 0.250 e. The standard InChI is InChI=1S/C25H24ClN3O3/c1-12-9-10-15-21(13(12)2)27-24(32)25(15)20-19(18-8-5-11-28(18)25)22(30)29(23(20)31)17-7-4-6-16(26)14(17)3/h4,6-7,9-10,18-20H,5,8,11H2,1-3H3,(H,27,32)/t18-,19+,20-,25-/m0/s1. The zero-order valence-corrected chi connectivity index (χ0v) is 19.0. The van der Waals surface area contributed by atoms with E-state index in [1.165, 1.54) is 4.90 Å². The molecule has 4 heterocycles. The zero-order valence-electron chi connectivity index (χ0n) is 18.2. The number of nitrogens with zero attached hydrogens (tertiary/aromatic N) is 2. The zero-order chi connectivity index (χ0) is 22.5. The molecule has 32 heavy (non-hydrogen) atoms. The summed E-state index contributed by atoms with van der Waals surface area (Å²) in [6, 6.07) is 9.11. The van der Waals surface area contributed by atoms with Crippen LogP contribution in [-0.4, -0.2) is 35.2 Å². The van der Waals surface area contributed by atoms with E-state index in [4.69, 9.17) is 11.6 Å². The monoisotopic (exact) mass is 449 g/mol. The summed E-state index contributed by atoms with van der Waals surface area (Å²) in [6.45, 7) is 6.52. The highest BCUT2D eigenvalue weighted by atomic mass is 35.5. The van der Waals surface area contributed by atoms with Crippen molar-refractivity contribution in [3.05, 3.63) is 57.6 Å². The van der Waals surface area contributed by atoms with E-state index in [-0.39, 0.29) is 23.8 Å². The first-order chi connectivity index (χ1) is 15.3. The summed E-state index contributed by atoms with van der Waals surface area (Å²) in [5.41, 5.74) is 3.77. The van der Waals surface area contributed by atoms with Crippen molar-refractivity contribution in [3.8, 4) is 0 Å².